The van der Waals surface area contributed by atoms with Gasteiger partial charge in [-0.15, -0.1) is 17.5 Å². The molecule has 0 spiro atoms. The SMILES string of the molecule is COc1ccc2c(c1)CCCC2=NN=C(N)N.Cl. The zero-order valence-corrected chi connectivity index (χ0v) is 11.0. The number of hydrogen-bond donors (Lipinski definition) is 2. The van der Waals surface area contributed by atoms with Gasteiger partial charge >= 0.3 is 0 Å². The summed E-state index contributed by atoms with van der Waals surface area (Å²) in [7, 11) is 1.67. The molecule has 98 valence electrons. The number of ether oxygens (including phenoxy) is 1. The van der Waals surface area contributed by atoms with Crippen LogP contribution in [0.2, 0.25) is 0 Å². The Morgan fingerprint density at radius 3 is 2.72 bits per heavy atom. The van der Waals surface area contributed by atoms with Crippen molar-refractivity contribution in [2.75, 3.05) is 7.11 Å². The Balaban J connectivity index is 0.00000162. The van der Waals surface area contributed by atoms with Crippen molar-refractivity contribution in [3.05, 3.63) is 29.3 Å². The molecule has 0 bridgehead atoms. The summed E-state index contributed by atoms with van der Waals surface area (Å²) in [6.07, 6.45) is 2.99. The van der Waals surface area contributed by atoms with Gasteiger partial charge in [-0.05, 0) is 43.0 Å². The zero-order valence-electron chi connectivity index (χ0n) is 10.2. The van der Waals surface area contributed by atoms with E-state index in [1.54, 1.807) is 7.11 Å². The summed E-state index contributed by atoms with van der Waals surface area (Å²) in [5.41, 5.74) is 13.8. The molecule has 0 saturated heterocycles. The highest BCUT2D eigenvalue weighted by Crippen LogP contribution is 2.25. The number of aryl methyl sites for hydroxylation is 1. The van der Waals surface area contributed by atoms with Crippen molar-refractivity contribution in [3.8, 4) is 5.75 Å². The number of fused-ring (bicyclic) bond motifs is 1. The Labute approximate surface area is 112 Å². The standard InChI is InChI=1S/C12H16N4O.ClH/c1-17-9-5-6-10-8(7-9)3-2-4-11(10)15-16-12(13)14;/h5-7H,2-4H2,1H3,(H4,13,14,16);1H. The number of hydrogen-bond acceptors (Lipinski definition) is 3. The van der Waals surface area contributed by atoms with E-state index in [-0.39, 0.29) is 18.4 Å². The molecule has 0 unspecified atom stereocenters. The van der Waals surface area contributed by atoms with E-state index in [9.17, 15) is 0 Å². The minimum atomic E-state index is -0.0156. The van der Waals surface area contributed by atoms with E-state index in [2.05, 4.69) is 10.2 Å². The lowest BCUT2D eigenvalue weighted by Gasteiger charge is -2.17. The van der Waals surface area contributed by atoms with Crippen LogP contribution in [0.1, 0.15) is 24.0 Å². The zero-order chi connectivity index (χ0) is 12.3. The van der Waals surface area contributed by atoms with Gasteiger partial charge in [0, 0.05) is 5.56 Å². The third-order valence-electron chi connectivity index (χ3n) is 2.77. The van der Waals surface area contributed by atoms with Gasteiger partial charge in [-0.3, -0.25) is 0 Å². The third-order valence-corrected chi connectivity index (χ3v) is 2.77. The van der Waals surface area contributed by atoms with Crippen LogP contribution < -0.4 is 16.2 Å². The number of guanidine groups is 1. The van der Waals surface area contributed by atoms with Crippen molar-refractivity contribution in [2.45, 2.75) is 19.3 Å². The summed E-state index contributed by atoms with van der Waals surface area (Å²) in [4.78, 5) is 0. The average Bonchev–Trinajstić information content (AvgIpc) is 2.35. The Kier molecular flexibility index (Phi) is 4.97. The normalized spacial score (nSPS) is 15.5. The van der Waals surface area contributed by atoms with Crippen molar-refractivity contribution in [3.63, 3.8) is 0 Å². The molecule has 0 aliphatic heterocycles. The lowest BCUT2D eigenvalue weighted by Crippen LogP contribution is -2.22. The number of halogens is 1. The average molecular weight is 269 g/mol. The Hall–Kier alpha value is -1.75. The molecule has 1 aliphatic carbocycles. The van der Waals surface area contributed by atoms with Gasteiger partial charge in [0.1, 0.15) is 5.75 Å². The molecular weight excluding hydrogens is 252 g/mol. The predicted molar refractivity (Wildman–Crippen MR) is 75.5 cm³/mol. The largest absolute Gasteiger partial charge is 0.497 e. The van der Waals surface area contributed by atoms with Crippen molar-refractivity contribution in [2.24, 2.45) is 21.7 Å². The van der Waals surface area contributed by atoms with Crippen LogP contribution in [0.25, 0.3) is 0 Å². The number of methoxy groups -OCH3 is 1. The Morgan fingerprint density at radius 1 is 1.28 bits per heavy atom. The van der Waals surface area contributed by atoms with Gasteiger partial charge in [0.15, 0.2) is 0 Å². The summed E-state index contributed by atoms with van der Waals surface area (Å²) in [6.45, 7) is 0. The third kappa shape index (κ3) is 3.13. The number of nitrogens with zero attached hydrogens (tertiary/aromatic N) is 2. The molecule has 2 rings (SSSR count). The van der Waals surface area contributed by atoms with Gasteiger partial charge in [-0.2, -0.15) is 5.10 Å². The summed E-state index contributed by atoms with van der Waals surface area (Å²) < 4.78 is 5.21. The number of benzene rings is 1. The van der Waals surface area contributed by atoms with Crippen LogP contribution in [0.15, 0.2) is 28.4 Å². The first-order chi connectivity index (χ1) is 8.20. The van der Waals surface area contributed by atoms with Gasteiger partial charge in [0.2, 0.25) is 5.96 Å². The fourth-order valence-corrected chi connectivity index (χ4v) is 1.99. The number of rotatable bonds is 2. The molecule has 0 radical (unpaired) electrons. The molecule has 0 atom stereocenters. The van der Waals surface area contributed by atoms with Gasteiger partial charge in [0.25, 0.3) is 0 Å². The first kappa shape index (κ1) is 14.3. The second-order valence-electron chi connectivity index (χ2n) is 3.95. The Bertz CT molecular complexity index is 481. The van der Waals surface area contributed by atoms with Crippen molar-refractivity contribution >= 4 is 24.1 Å². The van der Waals surface area contributed by atoms with E-state index in [1.807, 2.05) is 18.2 Å². The summed E-state index contributed by atoms with van der Waals surface area (Å²) >= 11 is 0. The molecule has 0 saturated carbocycles. The van der Waals surface area contributed by atoms with Crippen LogP contribution in [-0.2, 0) is 6.42 Å². The highest BCUT2D eigenvalue weighted by molar-refractivity contribution is 6.03. The van der Waals surface area contributed by atoms with E-state index in [1.165, 1.54) is 5.56 Å². The van der Waals surface area contributed by atoms with Crippen LogP contribution in [0, 0.1) is 0 Å². The summed E-state index contributed by atoms with van der Waals surface area (Å²) in [6, 6.07) is 5.98. The second-order valence-corrected chi connectivity index (χ2v) is 3.95. The maximum Gasteiger partial charge on any atom is 0.211 e. The van der Waals surface area contributed by atoms with Crippen LogP contribution in [0.3, 0.4) is 0 Å². The van der Waals surface area contributed by atoms with Crippen LogP contribution >= 0.6 is 12.4 Å². The molecule has 4 N–H and O–H groups in total. The highest BCUT2D eigenvalue weighted by atomic mass is 35.5. The van der Waals surface area contributed by atoms with Crippen LogP contribution in [0.4, 0.5) is 0 Å². The van der Waals surface area contributed by atoms with Crippen LogP contribution in [-0.4, -0.2) is 18.8 Å². The van der Waals surface area contributed by atoms with Crippen molar-refractivity contribution in [1.29, 1.82) is 0 Å². The van der Waals surface area contributed by atoms with E-state index in [0.717, 1.165) is 36.3 Å². The maximum absolute atomic E-state index is 5.28. The van der Waals surface area contributed by atoms with E-state index in [4.69, 9.17) is 16.2 Å². The molecule has 1 aromatic carbocycles. The number of nitrogens with two attached hydrogens (primary N) is 2. The van der Waals surface area contributed by atoms with Gasteiger partial charge in [-0.1, -0.05) is 0 Å². The molecule has 0 fully saturated rings. The van der Waals surface area contributed by atoms with Gasteiger partial charge in [-0.25, -0.2) is 0 Å². The fraction of sp³-hybridized carbons (Fsp3) is 0.333. The van der Waals surface area contributed by atoms with E-state index >= 15 is 0 Å². The van der Waals surface area contributed by atoms with Crippen LogP contribution in [0.5, 0.6) is 5.75 Å². The van der Waals surface area contributed by atoms with Crippen molar-refractivity contribution in [1.82, 2.24) is 0 Å². The quantitative estimate of drug-likeness (QED) is 0.483. The topological polar surface area (TPSA) is 86.0 Å². The molecule has 6 heteroatoms. The van der Waals surface area contributed by atoms with E-state index in [0.29, 0.717) is 0 Å². The Morgan fingerprint density at radius 2 is 2.06 bits per heavy atom. The molecule has 0 heterocycles. The molecule has 1 aromatic rings. The van der Waals surface area contributed by atoms with Gasteiger partial charge in [0.05, 0.1) is 12.8 Å². The molecule has 1 aliphatic rings. The first-order valence-corrected chi connectivity index (χ1v) is 5.53. The monoisotopic (exact) mass is 268 g/mol. The first-order valence-electron chi connectivity index (χ1n) is 5.53. The lowest BCUT2D eigenvalue weighted by molar-refractivity contribution is 0.414. The second kappa shape index (κ2) is 6.26. The molecule has 0 amide bonds. The predicted octanol–water partition coefficient (Wildman–Crippen LogP) is 1.43. The minimum absolute atomic E-state index is 0. The van der Waals surface area contributed by atoms with E-state index < -0.39 is 0 Å². The molecular formula is C12H17ClN4O. The fourth-order valence-electron chi connectivity index (χ4n) is 1.99. The maximum atomic E-state index is 5.28. The summed E-state index contributed by atoms with van der Waals surface area (Å²) in [5.74, 6) is 0.852. The molecule has 0 aromatic heterocycles. The lowest BCUT2D eigenvalue weighted by atomic mass is 9.90. The molecule has 5 nitrogen and oxygen atoms in total. The summed E-state index contributed by atoms with van der Waals surface area (Å²) in [5, 5.41) is 7.81. The van der Waals surface area contributed by atoms with Crippen molar-refractivity contribution < 1.29 is 4.74 Å². The highest BCUT2D eigenvalue weighted by Gasteiger charge is 2.16. The minimum Gasteiger partial charge on any atom is -0.497 e. The molecule has 18 heavy (non-hydrogen) atoms. The smallest absolute Gasteiger partial charge is 0.211 e. The van der Waals surface area contributed by atoms with Gasteiger partial charge < -0.3 is 16.2 Å².